The van der Waals surface area contributed by atoms with Gasteiger partial charge in [-0.1, -0.05) is 187 Å². The van der Waals surface area contributed by atoms with E-state index in [4.69, 9.17) is 28.4 Å². The van der Waals surface area contributed by atoms with Crippen molar-refractivity contribution in [1.29, 1.82) is 0 Å². The molecule has 3 rings (SSSR count). The van der Waals surface area contributed by atoms with Crippen molar-refractivity contribution in [2.24, 2.45) is 0 Å². The minimum absolute atomic E-state index is 0.241. The second kappa shape index (κ2) is 39.2. The fourth-order valence-electron chi connectivity index (χ4n) is 10.1. The van der Waals surface area contributed by atoms with Gasteiger partial charge in [-0.15, -0.1) is 0 Å². The Morgan fingerprint density at radius 1 is 0.438 bits per heavy atom. The van der Waals surface area contributed by atoms with Gasteiger partial charge in [-0.25, -0.2) is 0 Å². The molecule has 0 spiro atoms. The number of aliphatic hydroxyl groups excluding tert-OH is 11. The van der Waals surface area contributed by atoms with Crippen LogP contribution in [0.25, 0.3) is 0 Å². The maximum Gasteiger partial charge on any atom is 0.220 e. The molecule has 3 saturated heterocycles. The van der Waals surface area contributed by atoms with Gasteiger partial charge >= 0.3 is 0 Å². The van der Waals surface area contributed by atoms with Crippen molar-refractivity contribution in [2.45, 2.75) is 311 Å². The van der Waals surface area contributed by atoms with E-state index in [9.17, 15) is 61.0 Å². The highest BCUT2D eigenvalue weighted by Crippen LogP contribution is 2.33. The third-order valence-electron chi connectivity index (χ3n) is 14.9. The van der Waals surface area contributed by atoms with E-state index >= 15 is 0 Å². The standard InChI is InChI=1S/C54H103NO18/c1-3-5-7-9-11-13-15-17-18-20-22-24-26-28-30-32-42(60)55-37(38(59)31-29-27-25-23-21-19-16-14-12-10-8-6-4-2)36-68-52-48(66)45(63)50(40(34-57)70-52)73-54-49(67)46(64)51(41(35-58)71-54)72-53-47(65)44(62)43(61)39(33-56)69-53/h37-41,43-54,56-59,61-67H,3-36H2,1-2H3,(H,55,60). The first-order chi connectivity index (χ1) is 35.3. The lowest BCUT2D eigenvalue weighted by Crippen LogP contribution is -2.66. The number of carbonyl (C=O) groups is 1. The van der Waals surface area contributed by atoms with Crippen molar-refractivity contribution in [3.63, 3.8) is 0 Å². The fraction of sp³-hybridized carbons (Fsp3) is 0.981. The highest BCUT2D eigenvalue weighted by atomic mass is 16.8. The predicted octanol–water partition coefficient (Wildman–Crippen LogP) is 4.04. The van der Waals surface area contributed by atoms with Crippen LogP contribution in [0.4, 0.5) is 0 Å². The second-order valence-corrected chi connectivity index (χ2v) is 21.1. The van der Waals surface area contributed by atoms with Gasteiger partial charge in [0.15, 0.2) is 18.9 Å². The smallest absolute Gasteiger partial charge is 0.220 e. The molecule has 432 valence electrons. The number of nitrogens with one attached hydrogen (secondary N) is 1. The molecule has 0 aliphatic carbocycles. The molecule has 0 saturated carbocycles. The Morgan fingerprint density at radius 3 is 1.19 bits per heavy atom. The average Bonchev–Trinajstić information content (AvgIpc) is 3.39. The fourth-order valence-corrected chi connectivity index (χ4v) is 10.1. The van der Waals surface area contributed by atoms with E-state index in [1.54, 1.807) is 0 Å². The van der Waals surface area contributed by atoms with Crippen LogP contribution in [-0.2, 0) is 33.2 Å². The van der Waals surface area contributed by atoms with Crippen molar-refractivity contribution in [3.8, 4) is 0 Å². The van der Waals surface area contributed by atoms with Gasteiger partial charge < -0.3 is 89.9 Å². The van der Waals surface area contributed by atoms with Crippen LogP contribution < -0.4 is 5.32 Å². The minimum atomic E-state index is -1.97. The van der Waals surface area contributed by atoms with Crippen LogP contribution in [0.3, 0.4) is 0 Å². The molecule has 73 heavy (non-hydrogen) atoms. The number of amides is 1. The zero-order chi connectivity index (χ0) is 53.4. The second-order valence-electron chi connectivity index (χ2n) is 21.1. The Morgan fingerprint density at radius 2 is 0.781 bits per heavy atom. The van der Waals surface area contributed by atoms with Crippen LogP contribution in [0.2, 0.25) is 0 Å². The van der Waals surface area contributed by atoms with Gasteiger partial charge in [0.1, 0.15) is 73.2 Å². The van der Waals surface area contributed by atoms with Gasteiger partial charge in [0.2, 0.25) is 5.91 Å². The normalized spacial score (nSPS) is 31.7. The molecule has 19 heteroatoms. The lowest BCUT2D eigenvalue weighted by Gasteiger charge is -2.48. The van der Waals surface area contributed by atoms with Gasteiger partial charge in [-0.3, -0.25) is 4.79 Å². The average molecular weight is 1050 g/mol. The molecule has 0 bridgehead atoms. The third-order valence-corrected chi connectivity index (χ3v) is 14.9. The topological polar surface area (TPSA) is 307 Å². The van der Waals surface area contributed by atoms with Crippen LogP contribution >= 0.6 is 0 Å². The molecular formula is C54H103NO18. The van der Waals surface area contributed by atoms with Crippen LogP contribution in [0.15, 0.2) is 0 Å². The molecule has 0 radical (unpaired) electrons. The SMILES string of the molecule is CCCCCCCCCCCCCCCCCC(=O)NC(COC1OC(CO)C(OC2OC(CO)C(OC3OC(CO)C(O)C(O)C3O)C(O)C2O)C(O)C1O)C(O)CCCCCCCCCCCCCCC. The summed E-state index contributed by atoms with van der Waals surface area (Å²) in [5, 5.41) is 120. The first-order valence-corrected chi connectivity index (χ1v) is 28.8. The molecule has 0 aromatic heterocycles. The number of rotatable bonds is 42. The van der Waals surface area contributed by atoms with Gasteiger partial charge in [-0.05, 0) is 12.8 Å². The quantitative estimate of drug-likeness (QED) is 0.0384. The zero-order valence-electron chi connectivity index (χ0n) is 44.6. The van der Waals surface area contributed by atoms with Gasteiger partial charge in [-0.2, -0.15) is 0 Å². The molecule has 17 atom stereocenters. The summed E-state index contributed by atoms with van der Waals surface area (Å²) >= 11 is 0. The van der Waals surface area contributed by atoms with Crippen LogP contribution in [0, 0.1) is 0 Å². The summed E-state index contributed by atoms with van der Waals surface area (Å²) in [4.78, 5) is 13.3. The number of aliphatic hydroxyl groups is 11. The summed E-state index contributed by atoms with van der Waals surface area (Å²) in [6.07, 6.45) is 7.62. The van der Waals surface area contributed by atoms with Crippen molar-refractivity contribution in [1.82, 2.24) is 5.32 Å². The van der Waals surface area contributed by atoms with Crippen molar-refractivity contribution in [2.75, 3.05) is 26.4 Å². The highest BCUT2D eigenvalue weighted by molar-refractivity contribution is 5.76. The van der Waals surface area contributed by atoms with Crippen LogP contribution in [0.1, 0.15) is 206 Å². The molecule has 1 amide bonds. The number of hydrogen-bond donors (Lipinski definition) is 12. The Balaban J connectivity index is 1.51. The lowest BCUT2D eigenvalue weighted by atomic mass is 9.96. The van der Waals surface area contributed by atoms with Gasteiger partial charge in [0, 0.05) is 6.42 Å². The molecular weight excluding hydrogens is 951 g/mol. The Hall–Kier alpha value is -1.21. The number of hydrogen-bond acceptors (Lipinski definition) is 18. The molecule has 3 fully saturated rings. The van der Waals surface area contributed by atoms with Crippen molar-refractivity contribution >= 4 is 5.91 Å². The van der Waals surface area contributed by atoms with E-state index in [1.165, 1.54) is 128 Å². The number of ether oxygens (including phenoxy) is 6. The van der Waals surface area contributed by atoms with E-state index < -0.39 is 124 Å². The van der Waals surface area contributed by atoms with Crippen molar-refractivity contribution in [3.05, 3.63) is 0 Å². The molecule has 3 heterocycles. The van der Waals surface area contributed by atoms with Gasteiger partial charge in [0.25, 0.3) is 0 Å². The molecule has 17 unspecified atom stereocenters. The maximum absolute atomic E-state index is 13.3. The maximum atomic E-state index is 13.3. The first kappa shape index (κ1) is 66.1. The van der Waals surface area contributed by atoms with Gasteiger partial charge in [0.05, 0.1) is 38.6 Å². The van der Waals surface area contributed by atoms with Crippen LogP contribution in [0.5, 0.6) is 0 Å². The number of unbranched alkanes of at least 4 members (excludes halogenated alkanes) is 26. The molecule has 3 aliphatic rings. The predicted molar refractivity (Wildman–Crippen MR) is 273 cm³/mol. The zero-order valence-corrected chi connectivity index (χ0v) is 44.6. The summed E-state index contributed by atoms with van der Waals surface area (Å²) in [7, 11) is 0. The van der Waals surface area contributed by atoms with Crippen molar-refractivity contribution < 1.29 is 89.4 Å². The molecule has 3 aliphatic heterocycles. The van der Waals surface area contributed by atoms with E-state index in [2.05, 4.69) is 19.2 Å². The summed E-state index contributed by atoms with van der Waals surface area (Å²) in [5.41, 5.74) is 0. The van der Waals surface area contributed by atoms with E-state index in [0.29, 0.717) is 12.8 Å². The molecule has 0 aromatic rings. The van der Waals surface area contributed by atoms with E-state index in [1.807, 2.05) is 0 Å². The largest absolute Gasteiger partial charge is 0.394 e. The molecule has 0 aromatic carbocycles. The number of carbonyl (C=O) groups excluding carboxylic acids is 1. The summed E-state index contributed by atoms with van der Waals surface area (Å²) in [6, 6.07) is -0.878. The Bertz CT molecular complexity index is 1350. The summed E-state index contributed by atoms with van der Waals surface area (Å²) < 4.78 is 34.2. The van der Waals surface area contributed by atoms with E-state index in [0.717, 1.165) is 44.9 Å². The monoisotopic (exact) mass is 1050 g/mol. The summed E-state index contributed by atoms with van der Waals surface area (Å²) in [5.74, 6) is -0.241. The molecule has 19 nitrogen and oxygen atoms in total. The Kier molecular flexibility index (Phi) is 35.5. The minimum Gasteiger partial charge on any atom is -0.394 e. The van der Waals surface area contributed by atoms with Crippen LogP contribution in [-0.4, -0.2) is 193 Å². The highest BCUT2D eigenvalue weighted by Gasteiger charge is 2.53. The lowest BCUT2D eigenvalue weighted by molar-refractivity contribution is -0.379. The Labute approximate surface area is 436 Å². The first-order valence-electron chi connectivity index (χ1n) is 28.8. The van der Waals surface area contributed by atoms with E-state index in [-0.39, 0.29) is 18.9 Å². The molecule has 12 N–H and O–H groups in total. The summed E-state index contributed by atoms with van der Waals surface area (Å²) in [6.45, 7) is 1.78. The third kappa shape index (κ3) is 24.1.